The van der Waals surface area contributed by atoms with Gasteiger partial charge in [-0.1, -0.05) is 43.9 Å². The molecular weight excluding hydrogens is 272 g/mol. The van der Waals surface area contributed by atoms with Crippen LogP contribution >= 0.6 is 0 Å². The molecule has 20 heavy (non-hydrogen) atoms. The van der Waals surface area contributed by atoms with Gasteiger partial charge in [-0.25, -0.2) is 8.42 Å². The number of rotatable bonds is 4. The summed E-state index contributed by atoms with van der Waals surface area (Å²) in [6, 6.07) is 8.62. The molecule has 5 heteroatoms. The van der Waals surface area contributed by atoms with Crippen molar-refractivity contribution in [3.8, 4) is 0 Å². The molecule has 0 spiro atoms. The van der Waals surface area contributed by atoms with E-state index in [4.69, 9.17) is 5.73 Å². The van der Waals surface area contributed by atoms with Crippen LogP contribution in [0, 0.1) is 0 Å². The molecule has 1 aliphatic carbocycles. The lowest BCUT2D eigenvalue weighted by atomic mass is 9.90. The molecule has 0 aromatic heterocycles. The average molecular weight is 296 g/mol. The monoisotopic (exact) mass is 296 g/mol. The first-order chi connectivity index (χ1) is 9.53. The Morgan fingerprint density at radius 1 is 1.10 bits per heavy atom. The number of nitrogens with two attached hydrogens (primary N) is 1. The molecule has 4 nitrogen and oxygen atoms in total. The van der Waals surface area contributed by atoms with Crippen LogP contribution in [0.3, 0.4) is 0 Å². The minimum absolute atomic E-state index is 0.347. The minimum Gasteiger partial charge on any atom is -0.329 e. The predicted molar refractivity (Wildman–Crippen MR) is 80.9 cm³/mol. The highest BCUT2D eigenvalue weighted by Gasteiger charge is 2.40. The van der Waals surface area contributed by atoms with Crippen molar-refractivity contribution < 1.29 is 8.42 Å². The van der Waals surface area contributed by atoms with Crippen LogP contribution in [-0.2, 0) is 10.0 Å². The van der Waals surface area contributed by atoms with Gasteiger partial charge in [-0.05, 0) is 25.0 Å². The molecular formula is C15H24N2O2S. The second-order valence-electron chi connectivity index (χ2n) is 5.63. The molecule has 2 rings (SSSR count). The first kappa shape index (κ1) is 15.5. The molecule has 1 aromatic rings. The van der Waals surface area contributed by atoms with Gasteiger partial charge in [0.15, 0.2) is 0 Å². The number of benzene rings is 1. The van der Waals surface area contributed by atoms with E-state index in [1.807, 2.05) is 6.07 Å². The van der Waals surface area contributed by atoms with Crippen molar-refractivity contribution >= 4 is 10.0 Å². The number of sulfonamides is 1. The molecule has 1 saturated carbocycles. The highest BCUT2D eigenvalue weighted by atomic mass is 32.2. The van der Waals surface area contributed by atoms with Gasteiger partial charge in [0, 0.05) is 19.1 Å². The third-order valence-corrected chi connectivity index (χ3v) is 6.46. The summed E-state index contributed by atoms with van der Waals surface area (Å²) >= 11 is 0. The molecule has 1 aliphatic rings. The summed E-state index contributed by atoms with van der Waals surface area (Å²) in [5, 5.41) is 0. The van der Waals surface area contributed by atoms with E-state index in [1.54, 1.807) is 31.3 Å². The topological polar surface area (TPSA) is 63.4 Å². The predicted octanol–water partition coefficient (Wildman–Crippen LogP) is 2.36. The van der Waals surface area contributed by atoms with E-state index in [-0.39, 0.29) is 0 Å². The van der Waals surface area contributed by atoms with Crippen molar-refractivity contribution in [2.45, 2.75) is 49.0 Å². The van der Waals surface area contributed by atoms with Gasteiger partial charge in [0.05, 0.1) is 4.90 Å². The van der Waals surface area contributed by atoms with Crippen molar-refractivity contribution in [2.75, 3.05) is 13.6 Å². The lowest BCUT2D eigenvalue weighted by molar-refractivity contribution is 0.196. The maximum absolute atomic E-state index is 12.8. The zero-order valence-corrected chi connectivity index (χ0v) is 12.9. The number of likely N-dealkylation sites (N-methyl/N-ethyl adjacent to an activating group) is 1. The molecule has 0 amide bonds. The van der Waals surface area contributed by atoms with Gasteiger partial charge >= 0.3 is 0 Å². The van der Waals surface area contributed by atoms with Crippen LogP contribution in [0.25, 0.3) is 0 Å². The maximum Gasteiger partial charge on any atom is 0.243 e. The molecule has 112 valence electrons. The fraction of sp³-hybridized carbons (Fsp3) is 0.600. The fourth-order valence-electron chi connectivity index (χ4n) is 3.04. The Bertz CT molecular complexity index is 520. The summed E-state index contributed by atoms with van der Waals surface area (Å²) in [6.45, 7) is 0.384. The zero-order valence-electron chi connectivity index (χ0n) is 12.1. The van der Waals surface area contributed by atoms with Crippen molar-refractivity contribution in [3.05, 3.63) is 30.3 Å². The van der Waals surface area contributed by atoms with Crippen LogP contribution in [0.2, 0.25) is 0 Å². The average Bonchev–Trinajstić information content (AvgIpc) is 2.73. The van der Waals surface area contributed by atoms with Crippen molar-refractivity contribution in [2.24, 2.45) is 5.73 Å². The van der Waals surface area contributed by atoms with Gasteiger partial charge in [-0.3, -0.25) is 0 Å². The molecule has 0 heterocycles. The molecule has 0 saturated heterocycles. The highest BCUT2D eigenvalue weighted by Crippen LogP contribution is 2.34. The molecule has 0 unspecified atom stereocenters. The minimum atomic E-state index is -3.47. The van der Waals surface area contributed by atoms with Crippen molar-refractivity contribution in [3.63, 3.8) is 0 Å². The molecule has 1 fully saturated rings. The summed E-state index contributed by atoms with van der Waals surface area (Å²) in [7, 11) is -1.79. The standard InChI is InChI=1S/C15H24N2O2S/c1-17(15(13-16)11-7-2-3-8-12-15)20(18,19)14-9-5-4-6-10-14/h4-6,9-10H,2-3,7-8,11-13,16H2,1H3. The summed E-state index contributed by atoms with van der Waals surface area (Å²) in [6.07, 6.45) is 6.14. The van der Waals surface area contributed by atoms with Crippen LogP contribution in [0.4, 0.5) is 0 Å². The van der Waals surface area contributed by atoms with E-state index >= 15 is 0 Å². The van der Waals surface area contributed by atoms with Crippen LogP contribution in [0.15, 0.2) is 35.2 Å². The van der Waals surface area contributed by atoms with E-state index in [0.29, 0.717) is 11.4 Å². The Hall–Kier alpha value is -0.910. The molecule has 0 atom stereocenters. The Kier molecular flexibility index (Phi) is 4.83. The Morgan fingerprint density at radius 2 is 1.65 bits per heavy atom. The van der Waals surface area contributed by atoms with Gasteiger partial charge in [0.2, 0.25) is 10.0 Å². The highest BCUT2D eigenvalue weighted by molar-refractivity contribution is 7.89. The van der Waals surface area contributed by atoms with Gasteiger partial charge in [0.25, 0.3) is 0 Å². The lowest BCUT2D eigenvalue weighted by Gasteiger charge is -2.39. The van der Waals surface area contributed by atoms with Gasteiger partial charge in [-0.15, -0.1) is 0 Å². The summed E-state index contributed by atoms with van der Waals surface area (Å²) in [5.41, 5.74) is 5.55. The molecule has 0 aliphatic heterocycles. The van der Waals surface area contributed by atoms with Gasteiger partial charge in [0.1, 0.15) is 0 Å². The van der Waals surface area contributed by atoms with Crippen LogP contribution < -0.4 is 5.73 Å². The van der Waals surface area contributed by atoms with Crippen molar-refractivity contribution in [1.82, 2.24) is 4.31 Å². The first-order valence-electron chi connectivity index (χ1n) is 7.27. The first-order valence-corrected chi connectivity index (χ1v) is 8.71. The Balaban J connectivity index is 2.34. The Labute approximate surface area is 122 Å². The van der Waals surface area contributed by atoms with Gasteiger partial charge < -0.3 is 5.73 Å². The lowest BCUT2D eigenvalue weighted by Crippen LogP contribution is -2.54. The Morgan fingerprint density at radius 3 is 2.15 bits per heavy atom. The summed E-state index contributed by atoms with van der Waals surface area (Å²) < 4.78 is 27.1. The van der Waals surface area contributed by atoms with E-state index in [0.717, 1.165) is 25.7 Å². The molecule has 1 aromatic carbocycles. The zero-order chi connectivity index (χ0) is 14.6. The van der Waals surface area contributed by atoms with Crippen LogP contribution in [0.5, 0.6) is 0 Å². The van der Waals surface area contributed by atoms with Crippen LogP contribution in [0.1, 0.15) is 38.5 Å². The largest absolute Gasteiger partial charge is 0.329 e. The van der Waals surface area contributed by atoms with E-state index in [9.17, 15) is 8.42 Å². The van der Waals surface area contributed by atoms with Gasteiger partial charge in [-0.2, -0.15) is 4.31 Å². The summed E-state index contributed by atoms with van der Waals surface area (Å²) in [5.74, 6) is 0. The number of nitrogens with zero attached hydrogens (tertiary/aromatic N) is 1. The SMILES string of the molecule is CN(C1(CN)CCCCCC1)S(=O)(=O)c1ccccc1. The number of hydrogen-bond acceptors (Lipinski definition) is 3. The molecule has 0 radical (unpaired) electrons. The quantitative estimate of drug-likeness (QED) is 0.868. The molecule has 2 N–H and O–H groups in total. The smallest absolute Gasteiger partial charge is 0.243 e. The second kappa shape index (κ2) is 6.24. The molecule has 0 bridgehead atoms. The summed E-state index contributed by atoms with van der Waals surface area (Å²) in [4.78, 5) is 0.347. The fourth-order valence-corrected chi connectivity index (χ4v) is 4.62. The van der Waals surface area contributed by atoms with E-state index in [2.05, 4.69) is 0 Å². The second-order valence-corrected chi connectivity index (χ2v) is 7.60. The normalized spacial score (nSPS) is 19.8. The van der Waals surface area contributed by atoms with E-state index in [1.165, 1.54) is 17.1 Å². The third kappa shape index (κ3) is 2.90. The van der Waals surface area contributed by atoms with Crippen LogP contribution in [-0.4, -0.2) is 31.9 Å². The van der Waals surface area contributed by atoms with E-state index < -0.39 is 15.6 Å². The maximum atomic E-state index is 12.8. The number of hydrogen-bond donors (Lipinski definition) is 1. The van der Waals surface area contributed by atoms with Crippen molar-refractivity contribution in [1.29, 1.82) is 0 Å². The third-order valence-electron chi connectivity index (χ3n) is 4.48.